The number of hydrogen-bond donors (Lipinski definition) is 1. The second kappa shape index (κ2) is 8.58. The van der Waals surface area contributed by atoms with Crippen molar-refractivity contribution in [1.29, 1.82) is 0 Å². The minimum atomic E-state index is -0.145. The normalized spacial score (nSPS) is 11.9. The Bertz CT molecular complexity index is 865. The molecule has 134 valence electrons. The van der Waals surface area contributed by atoms with Crippen LogP contribution in [0.2, 0.25) is 5.02 Å². The fourth-order valence-corrected chi connectivity index (χ4v) is 2.83. The first-order chi connectivity index (χ1) is 12.6. The summed E-state index contributed by atoms with van der Waals surface area (Å²) in [5.74, 6) is 0.259. The van der Waals surface area contributed by atoms with Gasteiger partial charge in [-0.3, -0.25) is 4.79 Å². The molecule has 26 heavy (non-hydrogen) atoms. The van der Waals surface area contributed by atoms with E-state index in [1.807, 2.05) is 43.3 Å². The number of carbonyl (C=O) groups is 1. The van der Waals surface area contributed by atoms with Gasteiger partial charge in [-0.15, -0.1) is 10.2 Å². The Morgan fingerprint density at radius 1 is 1.15 bits per heavy atom. The molecule has 2 aromatic carbocycles. The van der Waals surface area contributed by atoms with Gasteiger partial charge < -0.3 is 5.32 Å². The number of hydrogen-bond acceptors (Lipinski definition) is 4. The zero-order chi connectivity index (χ0) is 18.4. The molecule has 3 rings (SSSR count). The van der Waals surface area contributed by atoms with Gasteiger partial charge in [-0.1, -0.05) is 54.1 Å². The van der Waals surface area contributed by atoms with Crippen LogP contribution in [0.15, 0.2) is 54.6 Å². The van der Waals surface area contributed by atoms with E-state index >= 15 is 0 Å². The van der Waals surface area contributed by atoms with E-state index in [1.165, 1.54) is 10.4 Å². The molecule has 0 aliphatic carbocycles. The fourth-order valence-electron chi connectivity index (χ4n) is 2.61. The highest BCUT2D eigenvalue weighted by Crippen LogP contribution is 2.23. The van der Waals surface area contributed by atoms with Crippen molar-refractivity contribution in [2.75, 3.05) is 0 Å². The summed E-state index contributed by atoms with van der Waals surface area (Å²) in [6, 6.07) is 17.5. The average molecular weight is 370 g/mol. The van der Waals surface area contributed by atoms with Crippen molar-refractivity contribution in [2.24, 2.45) is 0 Å². The van der Waals surface area contributed by atoms with Crippen molar-refractivity contribution < 1.29 is 4.79 Å². The minimum absolute atomic E-state index is 0.0210. The van der Waals surface area contributed by atoms with Gasteiger partial charge in [-0.2, -0.15) is 4.80 Å². The van der Waals surface area contributed by atoms with E-state index in [2.05, 4.69) is 32.9 Å². The van der Waals surface area contributed by atoms with Crippen LogP contribution in [0, 0.1) is 0 Å². The summed E-state index contributed by atoms with van der Waals surface area (Å²) in [5, 5.41) is 15.6. The summed E-state index contributed by atoms with van der Waals surface area (Å²) in [6.07, 6.45) is 1.78. The number of tetrazole rings is 1. The number of nitrogens with one attached hydrogen (secondary N) is 1. The molecule has 0 aliphatic heterocycles. The van der Waals surface area contributed by atoms with Gasteiger partial charge in [0.25, 0.3) is 0 Å². The van der Waals surface area contributed by atoms with Gasteiger partial charge in [0.1, 0.15) is 6.54 Å². The van der Waals surface area contributed by atoms with Crippen LogP contribution in [0.25, 0.3) is 11.4 Å². The molecule has 0 saturated heterocycles. The first-order valence-electron chi connectivity index (χ1n) is 8.48. The van der Waals surface area contributed by atoms with Gasteiger partial charge in [0.2, 0.25) is 11.7 Å². The van der Waals surface area contributed by atoms with E-state index in [9.17, 15) is 4.79 Å². The second-order valence-electron chi connectivity index (χ2n) is 6.12. The third-order valence-corrected chi connectivity index (χ3v) is 4.30. The van der Waals surface area contributed by atoms with Gasteiger partial charge >= 0.3 is 0 Å². The molecule has 0 saturated carbocycles. The summed E-state index contributed by atoms with van der Waals surface area (Å²) in [6.45, 7) is 2.01. The van der Waals surface area contributed by atoms with Crippen LogP contribution in [0.5, 0.6) is 0 Å². The lowest BCUT2D eigenvalue weighted by Gasteiger charge is -2.13. The summed E-state index contributed by atoms with van der Waals surface area (Å²) in [5.41, 5.74) is 1.95. The largest absolute Gasteiger partial charge is 0.352 e. The molecule has 1 atom stereocenters. The number of amides is 1. The number of benzene rings is 2. The van der Waals surface area contributed by atoms with E-state index < -0.39 is 0 Å². The molecule has 1 aromatic heterocycles. The Balaban J connectivity index is 1.51. The number of rotatable bonds is 7. The number of aryl methyl sites for hydroxylation is 1. The van der Waals surface area contributed by atoms with Crippen molar-refractivity contribution in [3.63, 3.8) is 0 Å². The van der Waals surface area contributed by atoms with Gasteiger partial charge in [-0.25, -0.2) is 0 Å². The minimum Gasteiger partial charge on any atom is -0.352 e. The van der Waals surface area contributed by atoms with Crippen LogP contribution < -0.4 is 5.32 Å². The van der Waals surface area contributed by atoms with Crippen LogP contribution in [-0.4, -0.2) is 32.2 Å². The standard InChI is InChI=1S/C19H20ClN5O/c1-14(11-12-15-7-3-2-4-8-15)21-18(26)13-25-23-19(22-24-25)16-9-5-6-10-17(16)20/h2-10,14H,11-13H2,1H3,(H,21,26)/t14-/m1/s1. The average Bonchev–Trinajstić information content (AvgIpc) is 3.09. The number of nitrogens with zero attached hydrogens (tertiary/aromatic N) is 4. The van der Waals surface area contributed by atoms with Crippen LogP contribution in [0.4, 0.5) is 0 Å². The third-order valence-electron chi connectivity index (χ3n) is 3.97. The van der Waals surface area contributed by atoms with E-state index in [4.69, 9.17) is 11.6 Å². The van der Waals surface area contributed by atoms with Gasteiger partial charge in [0.15, 0.2) is 0 Å². The maximum atomic E-state index is 12.2. The topological polar surface area (TPSA) is 72.7 Å². The lowest BCUT2D eigenvalue weighted by molar-refractivity contribution is -0.122. The lowest BCUT2D eigenvalue weighted by Crippen LogP contribution is -2.35. The molecule has 0 radical (unpaired) electrons. The molecule has 0 spiro atoms. The van der Waals surface area contributed by atoms with Crippen molar-refractivity contribution >= 4 is 17.5 Å². The zero-order valence-corrected chi connectivity index (χ0v) is 15.2. The van der Waals surface area contributed by atoms with E-state index in [0.717, 1.165) is 12.8 Å². The number of aromatic nitrogens is 4. The maximum absolute atomic E-state index is 12.2. The highest BCUT2D eigenvalue weighted by molar-refractivity contribution is 6.33. The van der Waals surface area contributed by atoms with Crippen LogP contribution in [-0.2, 0) is 17.8 Å². The quantitative estimate of drug-likeness (QED) is 0.694. The Hall–Kier alpha value is -2.73. The summed E-state index contributed by atoms with van der Waals surface area (Å²) in [4.78, 5) is 13.5. The molecule has 0 fully saturated rings. The molecule has 1 N–H and O–H groups in total. The summed E-state index contributed by atoms with van der Waals surface area (Å²) in [7, 11) is 0. The summed E-state index contributed by atoms with van der Waals surface area (Å²) >= 11 is 6.13. The SMILES string of the molecule is C[C@H](CCc1ccccc1)NC(=O)Cn1nnc(-c2ccccc2Cl)n1. The van der Waals surface area contributed by atoms with E-state index in [0.29, 0.717) is 16.4 Å². The molecule has 0 unspecified atom stereocenters. The van der Waals surface area contributed by atoms with Crippen LogP contribution in [0.3, 0.4) is 0 Å². The van der Waals surface area contributed by atoms with Gasteiger partial charge in [0.05, 0.1) is 5.02 Å². The molecule has 0 aliphatic rings. The van der Waals surface area contributed by atoms with Gasteiger partial charge in [0, 0.05) is 11.6 Å². The predicted molar refractivity (Wildman–Crippen MR) is 101 cm³/mol. The van der Waals surface area contributed by atoms with E-state index in [-0.39, 0.29) is 18.5 Å². The Labute approximate surface area is 157 Å². The van der Waals surface area contributed by atoms with E-state index in [1.54, 1.807) is 6.07 Å². The molecule has 0 bridgehead atoms. The first-order valence-corrected chi connectivity index (χ1v) is 8.85. The molecule has 1 heterocycles. The molecule has 1 amide bonds. The monoisotopic (exact) mass is 369 g/mol. The first kappa shape index (κ1) is 18.1. The summed E-state index contributed by atoms with van der Waals surface area (Å²) < 4.78 is 0. The van der Waals surface area contributed by atoms with Crippen molar-refractivity contribution in [3.8, 4) is 11.4 Å². The highest BCUT2D eigenvalue weighted by atomic mass is 35.5. The van der Waals surface area contributed by atoms with Crippen molar-refractivity contribution in [3.05, 3.63) is 65.2 Å². The molecular weight excluding hydrogens is 350 g/mol. The molecular formula is C19H20ClN5O. The maximum Gasteiger partial charge on any atom is 0.243 e. The lowest BCUT2D eigenvalue weighted by atomic mass is 10.1. The Morgan fingerprint density at radius 3 is 2.65 bits per heavy atom. The Morgan fingerprint density at radius 2 is 1.88 bits per heavy atom. The number of carbonyl (C=O) groups excluding carboxylic acids is 1. The molecule has 7 heteroatoms. The second-order valence-corrected chi connectivity index (χ2v) is 6.52. The highest BCUT2D eigenvalue weighted by Gasteiger charge is 2.13. The van der Waals surface area contributed by atoms with Gasteiger partial charge in [-0.05, 0) is 42.7 Å². The predicted octanol–water partition coefficient (Wildman–Crippen LogP) is 3.13. The number of halogens is 1. The van der Waals surface area contributed by atoms with Crippen molar-refractivity contribution in [2.45, 2.75) is 32.4 Å². The fraction of sp³-hybridized carbons (Fsp3) is 0.263. The molecule has 6 nitrogen and oxygen atoms in total. The third kappa shape index (κ3) is 4.89. The molecule has 3 aromatic rings. The zero-order valence-electron chi connectivity index (χ0n) is 14.5. The van der Waals surface area contributed by atoms with Crippen LogP contribution >= 0.6 is 11.6 Å². The van der Waals surface area contributed by atoms with Crippen LogP contribution in [0.1, 0.15) is 18.9 Å². The Kier molecular flexibility index (Phi) is 5.96. The van der Waals surface area contributed by atoms with Crippen molar-refractivity contribution in [1.82, 2.24) is 25.5 Å². The smallest absolute Gasteiger partial charge is 0.243 e.